The molecule has 1 heterocycles. The number of benzene rings is 1. The number of nitro benzene ring substituents is 1. The molecule has 0 spiro atoms. The summed E-state index contributed by atoms with van der Waals surface area (Å²) in [5, 5.41) is 10.6. The van der Waals surface area contributed by atoms with Crippen molar-refractivity contribution in [3.63, 3.8) is 0 Å². The second-order valence-electron chi connectivity index (χ2n) is 6.28. The van der Waals surface area contributed by atoms with E-state index in [0.29, 0.717) is 17.4 Å². The number of non-ortho nitro benzene ring substituents is 1. The van der Waals surface area contributed by atoms with Crippen LogP contribution in [0.2, 0.25) is 0 Å². The third-order valence-corrected chi connectivity index (χ3v) is 4.44. The van der Waals surface area contributed by atoms with Crippen molar-refractivity contribution in [2.24, 2.45) is 11.8 Å². The van der Waals surface area contributed by atoms with Gasteiger partial charge in [-0.2, -0.15) is 0 Å². The maximum absolute atomic E-state index is 12.1. The molecule has 0 radical (unpaired) electrons. The summed E-state index contributed by atoms with van der Waals surface area (Å²) in [5.41, 5.74) is 2.74. The predicted octanol–water partition coefficient (Wildman–Crippen LogP) is 3.12. The summed E-state index contributed by atoms with van der Waals surface area (Å²) in [6.45, 7) is 5.02. The van der Waals surface area contributed by atoms with Crippen molar-refractivity contribution < 1.29 is 19.2 Å². The van der Waals surface area contributed by atoms with Gasteiger partial charge in [0.15, 0.2) is 0 Å². The Labute approximate surface area is 134 Å². The second kappa shape index (κ2) is 6.12. The Morgan fingerprint density at radius 3 is 2.65 bits per heavy atom. The van der Waals surface area contributed by atoms with E-state index in [9.17, 15) is 14.9 Å². The molecule has 1 saturated heterocycles. The molecule has 2 aliphatic rings. The lowest BCUT2D eigenvalue weighted by Gasteiger charge is -2.26. The maximum atomic E-state index is 12.1. The fourth-order valence-electron chi connectivity index (χ4n) is 3.17. The van der Waals surface area contributed by atoms with Gasteiger partial charge in [-0.1, -0.05) is 5.57 Å². The van der Waals surface area contributed by atoms with Crippen molar-refractivity contribution in [2.75, 3.05) is 13.2 Å². The third-order valence-electron chi connectivity index (χ3n) is 4.44. The summed E-state index contributed by atoms with van der Waals surface area (Å²) < 4.78 is 11.2. The Bertz CT molecular complexity index is 660. The lowest BCUT2D eigenvalue weighted by molar-refractivity contribution is -0.384. The van der Waals surface area contributed by atoms with Crippen LogP contribution < -0.4 is 0 Å². The molecule has 0 bridgehead atoms. The van der Waals surface area contributed by atoms with E-state index in [-0.39, 0.29) is 18.4 Å². The van der Waals surface area contributed by atoms with Crippen molar-refractivity contribution in [3.05, 3.63) is 51.1 Å². The molecule has 0 unspecified atom stereocenters. The first-order valence-electron chi connectivity index (χ1n) is 7.68. The number of rotatable bonds is 4. The van der Waals surface area contributed by atoms with Crippen LogP contribution in [0.1, 0.15) is 30.6 Å². The molecule has 2 fully saturated rings. The van der Waals surface area contributed by atoms with Crippen LogP contribution >= 0.6 is 0 Å². The molecule has 23 heavy (non-hydrogen) atoms. The molecule has 0 amide bonds. The lowest BCUT2D eigenvalue weighted by Crippen LogP contribution is -2.30. The minimum Gasteiger partial charge on any atom is -0.459 e. The molecule has 6 nitrogen and oxygen atoms in total. The van der Waals surface area contributed by atoms with Crippen molar-refractivity contribution in [1.82, 2.24) is 0 Å². The summed E-state index contributed by atoms with van der Waals surface area (Å²) in [5.74, 6) is 0.716. The molecule has 3 rings (SSSR count). The smallest absolute Gasteiger partial charge is 0.338 e. The van der Waals surface area contributed by atoms with Crippen LogP contribution in [0.25, 0.3) is 0 Å². The number of nitrogens with zero attached hydrogens (tertiary/aromatic N) is 1. The SMILES string of the molecule is CC(C)=C1[C@H](COC(=O)c2ccc([N+](=O)[O-])cc2)OC[C@H]2C[C@@H]12. The highest BCUT2D eigenvalue weighted by Gasteiger charge is 2.47. The third kappa shape index (κ3) is 3.27. The first-order chi connectivity index (χ1) is 11.0. The first-order valence-corrected chi connectivity index (χ1v) is 7.68. The van der Waals surface area contributed by atoms with Crippen LogP contribution in [0.3, 0.4) is 0 Å². The molecular weight excluding hydrogens is 298 g/mol. The Hall–Kier alpha value is -2.21. The van der Waals surface area contributed by atoms with Crippen molar-refractivity contribution in [1.29, 1.82) is 0 Å². The van der Waals surface area contributed by atoms with Gasteiger partial charge in [0.2, 0.25) is 0 Å². The first kappa shape index (κ1) is 15.7. The van der Waals surface area contributed by atoms with E-state index in [0.717, 1.165) is 13.0 Å². The Morgan fingerprint density at radius 1 is 1.35 bits per heavy atom. The number of esters is 1. The lowest BCUT2D eigenvalue weighted by atomic mass is 9.97. The zero-order valence-corrected chi connectivity index (χ0v) is 13.2. The molecule has 1 aromatic carbocycles. The zero-order valence-electron chi connectivity index (χ0n) is 13.2. The van der Waals surface area contributed by atoms with Crippen LogP contribution in [0, 0.1) is 22.0 Å². The summed E-state index contributed by atoms with van der Waals surface area (Å²) >= 11 is 0. The molecule has 0 N–H and O–H groups in total. The van der Waals surface area contributed by atoms with E-state index in [1.165, 1.54) is 35.4 Å². The number of allylic oxidation sites excluding steroid dienone is 1. The van der Waals surface area contributed by atoms with Gasteiger partial charge in [-0.25, -0.2) is 4.79 Å². The van der Waals surface area contributed by atoms with Gasteiger partial charge in [0, 0.05) is 12.1 Å². The topological polar surface area (TPSA) is 78.7 Å². The van der Waals surface area contributed by atoms with E-state index in [1.54, 1.807) is 0 Å². The van der Waals surface area contributed by atoms with Gasteiger partial charge in [0.05, 0.1) is 17.1 Å². The standard InChI is InChI=1S/C17H19NO5/c1-10(2)16-14-7-12(14)8-22-15(16)9-23-17(19)11-3-5-13(6-4-11)18(20)21/h3-6,12,14-15H,7-9H2,1-2H3/t12-,14-,15+/m1/s1. The monoisotopic (exact) mass is 317 g/mol. The van der Waals surface area contributed by atoms with Gasteiger partial charge in [-0.05, 0) is 49.8 Å². The number of carbonyl (C=O) groups is 1. The van der Waals surface area contributed by atoms with Gasteiger partial charge in [-0.15, -0.1) is 0 Å². The number of carbonyl (C=O) groups excluding carboxylic acids is 1. The van der Waals surface area contributed by atoms with Crippen LogP contribution in [-0.4, -0.2) is 30.2 Å². The highest BCUT2D eigenvalue weighted by atomic mass is 16.6. The quantitative estimate of drug-likeness (QED) is 0.369. The maximum Gasteiger partial charge on any atom is 0.338 e. The number of nitro groups is 1. The van der Waals surface area contributed by atoms with Gasteiger partial charge in [-0.3, -0.25) is 10.1 Å². The van der Waals surface area contributed by atoms with Crippen molar-refractivity contribution in [3.8, 4) is 0 Å². The van der Waals surface area contributed by atoms with Gasteiger partial charge >= 0.3 is 5.97 Å². The van der Waals surface area contributed by atoms with E-state index in [2.05, 4.69) is 13.8 Å². The number of fused-ring (bicyclic) bond motifs is 1. The Morgan fingerprint density at radius 2 is 2.04 bits per heavy atom. The molecule has 1 saturated carbocycles. The fourth-order valence-corrected chi connectivity index (χ4v) is 3.17. The van der Waals surface area contributed by atoms with Gasteiger partial charge in [0.1, 0.15) is 12.7 Å². The van der Waals surface area contributed by atoms with Crippen molar-refractivity contribution in [2.45, 2.75) is 26.4 Å². The molecule has 3 atom stereocenters. The van der Waals surface area contributed by atoms with Gasteiger partial charge in [0.25, 0.3) is 5.69 Å². The summed E-state index contributed by atoms with van der Waals surface area (Å²) in [4.78, 5) is 22.2. The highest BCUT2D eigenvalue weighted by Crippen LogP contribution is 2.50. The molecule has 0 aromatic heterocycles. The van der Waals surface area contributed by atoms with Crippen LogP contribution in [0.5, 0.6) is 0 Å². The van der Waals surface area contributed by atoms with E-state index < -0.39 is 10.9 Å². The number of hydrogen-bond donors (Lipinski definition) is 0. The van der Waals surface area contributed by atoms with Crippen LogP contribution in [-0.2, 0) is 9.47 Å². The minimum absolute atomic E-state index is 0.0521. The average molecular weight is 317 g/mol. The molecule has 122 valence electrons. The molecule has 1 aliphatic heterocycles. The summed E-state index contributed by atoms with van der Waals surface area (Å²) in [6.07, 6.45) is 0.985. The molecular formula is C17H19NO5. The Balaban J connectivity index is 1.62. The van der Waals surface area contributed by atoms with Gasteiger partial charge < -0.3 is 9.47 Å². The number of hydrogen-bond acceptors (Lipinski definition) is 5. The molecule has 6 heteroatoms. The zero-order chi connectivity index (χ0) is 16.6. The predicted molar refractivity (Wildman–Crippen MR) is 83.1 cm³/mol. The average Bonchev–Trinajstić information content (AvgIpc) is 3.31. The highest BCUT2D eigenvalue weighted by molar-refractivity contribution is 5.89. The Kier molecular flexibility index (Phi) is 4.17. The molecule has 1 aliphatic carbocycles. The van der Waals surface area contributed by atoms with Crippen LogP contribution in [0.4, 0.5) is 5.69 Å². The second-order valence-corrected chi connectivity index (χ2v) is 6.28. The van der Waals surface area contributed by atoms with E-state index in [1.807, 2.05) is 0 Å². The van der Waals surface area contributed by atoms with E-state index >= 15 is 0 Å². The minimum atomic E-state index is -0.502. The fraction of sp³-hybridized carbons (Fsp3) is 0.471. The normalized spacial score (nSPS) is 25.5. The summed E-state index contributed by atoms with van der Waals surface area (Å²) in [6, 6.07) is 5.40. The van der Waals surface area contributed by atoms with Crippen LogP contribution in [0.15, 0.2) is 35.4 Å². The van der Waals surface area contributed by atoms with E-state index in [4.69, 9.17) is 9.47 Å². The number of ether oxygens (including phenoxy) is 2. The summed E-state index contributed by atoms with van der Waals surface area (Å²) in [7, 11) is 0. The molecule has 1 aromatic rings. The largest absolute Gasteiger partial charge is 0.459 e. The van der Waals surface area contributed by atoms with Crippen molar-refractivity contribution >= 4 is 11.7 Å².